The highest BCUT2D eigenvalue weighted by Gasteiger charge is 2.31. The molecule has 2 amide bonds. The molecule has 0 aromatic carbocycles. The average Bonchev–Trinajstić information content (AvgIpc) is 2.46. The van der Waals surface area contributed by atoms with Crippen LogP contribution < -0.4 is 5.32 Å². The van der Waals surface area contributed by atoms with E-state index >= 15 is 0 Å². The van der Waals surface area contributed by atoms with E-state index in [2.05, 4.69) is 5.32 Å². The summed E-state index contributed by atoms with van der Waals surface area (Å²) in [5.74, 6) is 0.121. The second-order valence-corrected chi connectivity index (χ2v) is 4.91. The second-order valence-electron chi connectivity index (χ2n) is 4.91. The van der Waals surface area contributed by atoms with Gasteiger partial charge in [0.2, 0.25) is 11.8 Å². The van der Waals surface area contributed by atoms with Crippen molar-refractivity contribution in [1.82, 2.24) is 10.2 Å². The molecule has 1 fully saturated rings. The average molecular weight is 256 g/mol. The molecule has 1 atom stereocenters. The fraction of sp³-hybridized carbons (Fsp3) is 0.846. The lowest BCUT2D eigenvalue weighted by Crippen LogP contribution is -2.48. The SMILES string of the molecule is CCOCCCN1CCC(=O)NC(C(C)C)C1=O. The molecule has 0 aliphatic carbocycles. The van der Waals surface area contributed by atoms with Crippen molar-refractivity contribution in [3.05, 3.63) is 0 Å². The van der Waals surface area contributed by atoms with E-state index < -0.39 is 0 Å². The van der Waals surface area contributed by atoms with Crippen LogP contribution in [-0.4, -0.2) is 49.1 Å². The van der Waals surface area contributed by atoms with Crippen molar-refractivity contribution in [2.45, 2.75) is 39.7 Å². The number of nitrogens with zero attached hydrogens (tertiary/aromatic N) is 1. The Bertz CT molecular complexity index is 292. The Morgan fingerprint density at radius 1 is 1.44 bits per heavy atom. The fourth-order valence-electron chi connectivity index (χ4n) is 2.03. The van der Waals surface area contributed by atoms with Gasteiger partial charge in [-0.1, -0.05) is 13.8 Å². The Kier molecular flexibility index (Phi) is 6.12. The summed E-state index contributed by atoms with van der Waals surface area (Å²) in [7, 11) is 0. The first kappa shape index (κ1) is 15.0. The van der Waals surface area contributed by atoms with Crippen LogP contribution in [0, 0.1) is 5.92 Å². The van der Waals surface area contributed by atoms with Crippen LogP contribution in [0.3, 0.4) is 0 Å². The molecule has 0 aromatic rings. The number of nitrogens with one attached hydrogen (secondary N) is 1. The van der Waals surface area contributed by atoms with Gasteiger partial charge in [0.25, 0.3) is 0 Å². The van der Waals surface area contributed by atoms with Crippen molar-refractivity contribution in [3.63, 3.8) is 0 Å². The largest absolute Gasteiger partial charge is 0.382 e. The molecular formula is C13H24N2O3. The summed E-state index contributed by atoms with van der Waals surface area (Å²) < 4.78 is 5.27. The van der Waals surface area contributed by atoms with E-state index in [1.807, 2.05) is 20.8 Å². The van der Waals surface area contributed by atoms with Gasteiger partial charge in [0.15, 0.2) is 0 Å². The van der Waals surface area contributed by atoms with Gasteiger partial charge in [-0.05, 0) is 19.3 Å². The van der Waals surface area contributed by atoms with Gasteiger partial charge >= 0.3 is 0 Å². The molecule has 1 aliphatic heterocycles. The molecule has 5 heteroatoms. The highest BCUT2D eigenvalue weighted by Crippen LogP contribution is 2.11. The topological polar surface area (TPSA) is 58.6 Å². The van der Waals surface area contributed by atoms with Gasteiger partial charge in [-0.3, -0.25) is 9.59 Å². The van der Waals surface area contributed by atoms with Crippen molar-refractivity contribution >= 4 is 11.8 Å². The third-order valence-electron chi connectivity index (χ3n) is 3.09. The van der Waals surface area contributed by atoms with Gasteiger partial charge in [0.05, 0.1) is 0 Å². The molecule has 104 valence electrons. The fourth-order valence-corrected chi connectivity index (χ4v) is 2.03. The van der Waals surface area contributed by atoms with Crippen LogP contribution in [0.5, 0.6) is 0 Å². The van der Waals surface area contributed by atoms with E-state index in [0.717, 1.165) is 6.42 Å². The number of hydrogen-bond acceptors (Lipinski definition) is 3. The third kappa shape index (κ3) is 4.29. The van der Waals surface area contributed by atoms with Gasteiger partial charge in [-0.2, -0.15) is 0 Å². The summed E-state index contributed by atoms with van der Waals surface area (Å²) in [6.07, 6.45) is 1.21. The van der Waals surface area contributed by atoms with Crippen LogP contribution >= 0.6 is 0 Å². The molecule has 1 heterocycles. The van der Waals surface area contributed by atoms with Gasteiger partial charge < -0.3 is 15.0 Å². The summed E-state index contributed by atoms with van der Waals surface area (Å²) >= 11 is 0. The predicted octanol–water partition coefficient (Wildman–Crippen LogP) is 0.786. The van der Waals surface area contributed by atoms with Crippen molar-refractivity contribution in [3.8, 4) is 0 Å². The van der Waals surface area contributed by atoms with Gasteiger partial charge in [0.1, 0.15) is 6.04 Å². The molecule has 0 bridgehead atoms. The number of hydrogen-bond donors (Lipinski definition) is 1. The number of ether oxygens (including phenoxy) is 1. The lowest BCUT2D eigenvalue weighted by atomic mass is 10.0. The van der Waals surface area contributed by atoms with E-state index in [1.165, 1.54) is 0 Å². The number of rotatable bonds is 6. The van der Waals surface area contributed by atoms with Crippen molar-refractivity contribution in [2.24, 2.45) is 5.92 Å². The molecule has 1 rings (SSSR count). The van der Waals surface area contributed by atoms with Crippen LogP contribution in [0.4, 0.5) is 0 Å². The quantitative estimate of drug-likeness (QED) is 0.715. The van der Waals surface area contributed by atoms with Crippen LogP contribution in [0.1, 0.15) is 33.6 Å². The zero-order valence-corrected chi connectivity index (χ0v) is 11.6. The predicted molar refractivity (Wildman–Crippen MR) is 69.1 cm³/mol. The number of carbonyl (C=O) groups is 2. The molecule has 5 nitrogen and oxygen atoms in total. The van der Waals surface area contributed by atoms with Gasteiger partial charge in [0, 0.05) is 32.7 Å². The summed E-state index contributed by atoms with van der Waals surface area (Å²) in [4.78, 5) is 25.6. The Labute approximate surface area is 109 Å². The minimum absolute atomic E-state index is 0.0330. The van der Waals surface area contributed by atoms with Gasteiger partial charge in [-0.25, -0.2) is 0 Å². The summed E-state index contributed by atoms with van der Waals surface area (Å²) in [6.45, 7) is 8.39. The Morgan fingerprint density at radius 2 is 2.17 bits per heavy atom. The standard InChI is InChI=1S/C13H24N2O3/c1-4-18-9-5-7-15-8-6-11(16)14-12(10(2)3)13(15)17/h10,12H,4-9H2,1-3H3,(H,14,16). The summed E-state index contributed by atoms with van der Waals surface area (Å²) in [6, 6.07) is -0.382. The molecule has 0 radical (unpaired) electrons. The van der Waals surface area contributed by atoms with E-state index in [-0.39, 0.29) is 23.8 Å². The molecule has 0 saturated carbocycles. The highest BCUT2D eigenvalue weighted by atomic mass is 16.5. The Morgan fingerprint density at radius 3 is 2.78 bits per heavy atom. The first-order valence-electron chi connectivity index (χ1n) is 6.72. The van der Waals surface area contributed by atoms with Crippen LogP contribution in [-0.2, 0) is 14.3 Å². The lowest BCUT2D eigenvalue weighted by molar-refractivity contribution is -0.134. The van der Waals surface area contributed by atoms with E-state index in [9.17, 15) is 9.59 Å². The Hall–Kier alpha value is -1.10. The lowest BCUT2D eigenvalue weighted by Gasteiger charge is -2.26. The molecule has 0 spiro atoms. The first-order chi connectivity index (χ1) is 8.56. The minimum Gasteiger partial charge on any atom is -0.382 e. The van der Waals surface area contributed by atoms with Crippen molar-refractivity contribution in [1.29, 1.82) is 0 Å². The van der Waals surface area contributed by atoms with E-state index in [1.54, 1.807) is 4.90 Å². The van der Waals surface area contributed by atoms with Crippen molar-refractivity contribution < 1.29 is 14.3 Å². The zero-order valence-electron chi connectivity index (χ0n) is 11.6. The molecule has 18 heavy (non-hydrogen) atoms. The normalized spacial score (nSPS) is 21.1. The number of carbonyl (C=O) groups excluding carboxylic acids is 2. The molecular weight excluding hydrogens is 232 g/mol. The van der Waals surface area contributed by atoms with E-state index in [4.69, 9.17) is 4.74 Å². The van der Waals surface area contributed by atoms with Gasteiger partial charge in [-0.15, -0.1) is 0 Å². The minimum atomic E-state index is -0.382. The second kappa shape index (κ2) is 7.36. The van der Waals surface area contributed by atoms with Crippen LogP contribution in [0.15, 0.2) is 0 Å². The first-order valence-corrected chi connectivity index (χ1v) is 6.72. The zero-order chi connectivity index (χ0) is 13.5. The number of amides is 2. The van der Waals surface area contributed by atoms with Crippen molar-refractivity contribution in [2.75, 3.05) is 26.3 Å². The summed E-state index contributed by atoms with van der Waals surface area (Å²) in [5, 5.41) is 2.80. The maximum atomic E-state index is 12.3. The molecule has 1 aliphatic rings. The summed E-state index contributed by atoms with van der Waals surface area (Å²) in [5.41, 5.74) is 0. The van der Waals surface area contributed by atoms with E-state index in [0.29, 0.717) is 32.7 Å². The van der Waals surface area contributed by atoms with Crippen LogP contribution in [0.2, 0.25) is 0 Å². The third-order valence-corrected chi connectivity index (χ3v) is 3.09. The maximum absolute atomic E-state index is 12.3. The van der Waals surface area contributed by atoms with Crippen LogP contribution in [0.25, 0.3) is 0 Å². The maximum Gasteiger partial charge on any atom is 0.245 e. The monoisotopic (exact) mass is 256 g/mol. The molecule has 1 saturated heterocycles. The Balaban J connectivity index is 2.54. The molecule has 0 aromatic heterocycles. The molecule has 1 N–H and O–H groups in total. The molecule has 1 unspecified atom stereocenters. The smallest absolute Gasteiger partial charge is 0.245 e. The highest BCUT2D eigenvalue weighted by molar-refractivity contribution is 5.90.